The number of primary amides is 1. The molecule has 0 aliphatic carbocycles. The topological polar surface area (TPSA) is 86.2 Å². The van der Waals surface area contributed by atoms with E-state index in [1.807, 2.05) is 0 Å². The second kappa shape index (κ2) is 4.30. The fraction of sp³-hybridized carbons (Fsp3) is 0.364. The molecule has 1 amide bonds. The van der Waals surface area contributed by atoms with Crippen LogP contribution in [0, 0.1) is 10.1 Å². The Morgan fingerprint density at radius 3 is 2.50 bits per heavy atom. The Hall–Kier alpha value is -1.91. The number of amides is 1. The monoisotopic (exact) mass is 222 g/mol. The minimum absolute atomic E-state index is 0.0642. The van der Waals surface area contributed by atoms with Crippen LogP contribution >= 0.6 is 0 Å². The van der Waals surface area contributed by atoms with Crippen molar-refractivity contribution in [3.8, 4) is 0 Å². The Morgan fingerprint density at radius 1 is 1.50 bits per heavy atom. The molecule has 0 radical (unpaired) electrons. The number of carbonyl (C=O) groups excluding carboxylic acids is 1. The van der Waals surface area contributed by atoms with Gasteiger partial charge in [0.1, 0.15) is 0 Å². The van der Waals surface area contributed by atoms with Crippen LogP contribution in [-0.4, -0.2) is 10.8 Å². The predicted octanol–water partition coefficient (Wildman–Crippen LogP) is 1.75. The van der Waals surface area contributed by atoms with Crippen LogP contribution in [0.5, 0.6) is 0 Å². The smallest absolute Gasteiger partial charge is 0.273 e. The lowest BCUT2D eigenvalue weighted by Gasteiger charge is -2.24. The normalized spacial score (nSPS) is 14.1. The first-order valence-corrected chi connectivity index (χ1v) is 4.97. The summed E-state index contributed by atoms with van der Waals surface area (Å²) in [4.78, 5) is 21.8. The summed E-state index contributed by atoms with van der Waals surface area (Å²) in [6.45, 7) is 3.40. The maximum Gasteiger partial charge on any atom is 0.273 e. The number of nitro benzene ring substituents is 1. The van der Waals surface area contributed by atoms with Gasteiger partial charge < -0.3 is 5.73 Å². The minimum Gasteiger partial charge on any atom is -0.369 e. The summed E-state index contributed by atoms with van der Waals surface area (Å²) in [6.07, 6.45) is 0.424. The Morgan fingerprint density at radius 2 is 2.06 bits per heavy atom. The SMILES string of the molecule is CCC(C)(C(N)=O)c1ccccc1[N+](=O)[O-]. The molecule has 0 heterocycles. The average Bonchev–Trinajstić information content (AvgIpc) is 2.27. The van der Waals surface area contributed by atoms with Gasteiger partial charge in [0, 0.05) is 11.6 Å². The van der Waals surface area contributed by atoms with Gasteiger partial charge in [-0.3, -0.25) is 14.9 Å². The number of hydrogen-bond acceptors (Lipinski definition) is 3. The van der Waals surface area contributed by atoms with Crippen LogP contribution in [0.4, 0.5) is 5.69 Å². The van der Waals surface area contributed by atoms with E-state index in [9.17, 15) is 14.9 Å². The highest BCUT2D eigenvalue weighted by Crippen LogP contribution is 2.33. The molecule has 0 aliphatic heterocycles. The molecule has 1 aromatic rings. The standard InChI is InChI=1S/C11H14N2O3/c1-3-11(2,10(12)14)8-6-4-5-7-9(8)13(15)16/h4-7H,3H2,1-2H3,(H2,12,14). The molecule has 0 spiro atoms. The van der Waals surface area contributed by atoms with Gasteiger partial charge in [0.25, 0.3) is 5.69 Å². The highest BCUT2D eigenvalue weighted by atomic mass is 16.6. The molecule has 1 atom stereocenters. The number of nitro groups is 1. The van der Waals surface area contributed by atoms with E-state index >= 15 is 0 Å². The molecule has 16 heavy (non-hydrogen) atoms. The van der Waals surface area contributed by atoms with Crippen molar-refractivity contribution in [2.75, 3.05) is 0 Å². The largest absolute Gasteiger partial charge is 0.369 e. The Labute approximate surface area is 93.4 Å². The van der Waals surface area contributed by atoms with Gasteiger partial charge in [0.2, 0.25) is 5.91 Å². The molecule has 1 rings (SSSR count). The molecule has 0 aromatic heterocycles. The summed E-state index contributed by atoms with van der Waals surface area (Å²) in [7, 11) is 0. The molecule has 0 saturated heterocycles. The van der Waals surface area contributed by atoms with Crippen molar-refractivity contribution < 1.29 is 9.72 Å². The number of hydrogen-bond donors (Lipinski definition) is 1. The summed E-state index contributed by atoms with van der Waals surface area (Å²) >= 11 is 0. The van der Waals surface area contributed by atoms with Gasteiger partial charge in [0.05, 0.1) is 10.3 Å². The first-order chi connectivity index (χ1) is 7.43. The van der Waals surface area contributed by atoms with Gasteiger partial charge in [0.15, 0.2) is 0 Å². The molecule has 5 heteroatoms. The van der Waals surface area contributed by atoms with Crippen molar-refractivity contribution in [2.24, 2.45) is 5.73 Å². The van der Waals surface area contributed by atoms with Crippen molar-refractivity contribution in [1.29, 1.82) is 0 Å². The molecule has 0 bridgehead atoms. The first-order valence-electron chi connectivity index (χ1n) is 4.97. The fourth-order valence-electron chi connectivity index (χ4n) is 1.60. The van der Waals surface area contributed by atoms with Gasteiger partial charge in [-0.05, 0) is 13.3 Å². The Kier molecular flexibility index (Phi) is 3.27. The lowest BCUT2D eigenvalue weighted by Crippen LogP contribution is -2.38. The van der Waals surface area contributed by atoms with E-state index in [0.717, 1.165) is 0 Å². The number of para-hydroxylation sites is 1. The number of carbonyl (C=O) groups is 1. The lowest BCUT2D eigenvalue weighted by molar-refractivity contribution is -0.386. The van der Waals surface area contributed by atoms with Gasteiger partial charge in [-0.15, -0.1) is 0 Å². The molecule has 86 valence electrons. The van der Waals surface area contributed by atoms with Crippen LogP contribution in [-0.2, 0) is 10.2 Å². The van der Waals surface area contributed by atoms with Crippen molar-refractivity contribution in [1.82, 2.24) is 0 Å². The molecule has 0 aliphatic rings. The zero-order chi connectivity index (χ0) is 12.3. The van der Waals surface area contributed by atoms with Crippen molar-refractivity contribution in [2.45, 2.75) is 25.7 Å². The van der Waals surface area contributed by atoms with Crippen LogP contribution in [0.15, 0.2) is 24.3 Å². The molecule has 0 fully saturated rings. The lowest BCUT2D eigenvalue weighted by atomic mass is 9.78. The van der Waals surface area contributed by atoms with Gasteiger partial charge in [-0.1, -0.05) is 25.1 Å². The quantitative estimate of drug-likeness (QED) is 0.621. The predicted molar refractivity (Wildman–Crippen MR) is 59.9 cm³/mol. The third-order valence-electron chi connectivity index (χ3n) is 2.95. The van der Waals surface area contributed by atoms with Gasteiger partial charge in [-0.25, -0.2) is 0 Å². The third-order valence-corrected chi connectivity index (χ3v) is 2.95. The third kappa shape index (κ3) is 1.88. The zero-order valence-electron chi connectivity index (χ0n) is 9.27. The van der Waals surface area contributed by atoms with Crippen LogP contribution in [0.2, 0.25) is 0 Å². The van der Waals surface area contributed by atoms with Crippen molar-refractivity contribution >= 4 is 11.6 Å². The van der Waals surface area contributed by atoms with E-state index in [2.05, 4.69) is 0 Å². The number of nitrogens with two attached hydrogens (primary N) is 1. The Balaban J connectivity index is 3.41. The first kappa shape index (κ1) is 12.2. The van der Waals surface area contributed by atoms with Crippen LogP contribution in [0.1, 0.15) is 25.8 Å². The highest BCUT2D eigenvalue weighted by molar-refractivity contribution is 5.87. The van der Waals surface area contributed by atoms with Gasteiger partial charge in [-0.2, -0.15) is 0 Å². The van der Waals surface area contributed by atoms with Crippen molar-refractivity contribution in [3.63, 3.8) is 0 Å². The molecule has 0 saturated carbocycles. The summed E-state index contributed by atoms with van der Waals surface area (Å²) in [5, 5.41) is 10.9. The average molecular weight is 222 g/mol. The van der Waals surface area contributed by atoms with Crippen LogP contribution in [0.3, 0.4) is 0 Å². The minimum atomic E-state index is -0.996. The highest BCUT2D eigenvalue weighted by Gasteiger charge is 2.36. The number of nitrogens with zero attached hydrogens (tertiary/aromatic N) is 1. The number of benzene rings is 1. The molecular weight excluding hydrogens is 208 g/mol. The molecular formula is C11H14N2O3. The summed E-state index contributed by atoms with van der Waals surface area (Å²) in [5.41, 5.74) is 4.63. The zero-order valence-corrected chi connectivity index (χ0v) is 9.27. The molecule has 2 N–H and O–H groups in total. The van der Waals surface area contributed by atoms with E-state index in [0.29, 0.717) is 12.0 Å². The molecule has 1 aromatic carbocycles. The maximum atomic E-state index is 11.4. The molecule has 5 nitrogen and oxygen atoms in total. The van der Waals surface area contributed by atoms with E-state index in [-0.39, 0.29) is 5.69 Å². The van der Waals surface area contributed by atoms with Crippen LogP contribution < -0.4 is 5.73 Å². The van der Waals surface area contributed by atoms with Crippen LogP contribution in [0.25, 0.3) is 0 Å². The summed E-state index contributed by atoms with van der Waals surface area (Å²) in [5.74, 6) is -0.552. The van der Waals surface area contributed by atoms with Crippen molar-refractivity contribution in [3.05, 3.63) is 39.9 Å². The maximum absolute atomic E-state index is 11.4. The van der Waals surface area contributed by atoms with E-state index in [4.69, 9.17) is 5.73 Å². The number of rotatable bonds is 4. The summed E-state index contributed by atoms with van der Waals surface area (Å²) < 4.78 is 0. The fourth-order valence-corrected chi connectivity index (χ4v) is 1.60. The van der Waals surface area contributed by atoms with E-state index < -0.39 is 16.2 Å². The second-order valence-electron chi connectivity index (χ2n) is 3.82. The summed E-state index contributed by atoms with van der Waals surface area (Å²) in [6, 6.07) is 6.19. The van der Waals surface area contributed by atoms with Gasteiger partial charge >= 0.3 is 0 Å². The molecule has 1 unspecified atom stereocenters. The second-order valence-corrected chi connectivity index (χ2v) is 3.82. The van der Waals surface area contributed by atoms with E-state index in [1.54, 1.807) is 32.0 Å². The Bertz CT molecular complexity index is 431. The van der Waals surface area contributed by atoms with E-state index in [1.165, 1.54) is 6.07 Å².